The Hall–Kier alpha value is -2.66. The zero-order valence-electron chi connectivity index (χ0n) is 16.3. The number of H-pyrrole nitrogens is 1. The molecule has 1 aliphatic heterocycles. The van der Waals surface area contributed by atoms with Gasteiger partial charge in [-0.25, -0.2) is 0 Å². The molecule has 1 aromatic heterocycles. The van der Waals surface area contributed by atoms with Crippen LogP contribution in [0.25, 0.3) is 10.9 Å². The Bertz CT molecular complexity index is 962. The lowest BCUT2D eigenvalue weighted by molar-refractivity contribution is 0.230. The first kappa shape index (κ1) is 17.7. The molecule has 0 unspecified atom stereocenters. The molecule has 0 saturated heterocycles. The molecule has 0 radical (unpaired) electrons. The predicted octanol–water partition coefficient (Wildman–Crippen LogP) is 4.21. The van der Waals surface area contributed by atoms with Crippen molar-refractivity contribution in [3.05, 3.63) is 53.2 Å². The molecule has 0 fully saturated rings. The Kier molecular flexibility index (Phi) is 4.70. The highest BCUT2D eigenvalue weighted by Gasteiger charge is 2.26. The summed E-state index contributed by atoms with van der Waals surface area (Å²) in [5, 5.41) is 4.87. The highest BCUT2D eigenvalue weighted by Crippen LogP contribution is 2.38. The van der Waals surface area contributed by atoms with Crippen LogP contribution in [0.2, 0.25) is 0 Å². The molecule has 2 aromatic carbocycles. The van der Waals surface area contributed by atoms with Crippen LogP contribution in [0.5, 0.6) is 17.2 Å². The van der Waals surface area contributed by atoms with Gasteiger partial charge in [0, 0.05) is 23.1 Å². The maximum Gasteiger partial charge on any atom is 0.161 e. The van der Waals surface area contributed by atoms with Crippen molar-refractivity contribution < 1.29 is 14.2 Å². The van der Waals surface area contributed by atoms with E-state index < -0.39 is 0 Å². The van der Waals surface area contributed by atoms with E-state index in [4.69, 9.17) is 14.2 Å². The molecular formula is C22H26N2O3. The smallest absolute Gasteiger partial charge is 0.161 e. The number of rotatable bonds is 5. The standard InChI is InChI=1S/C22H26N2O3/c1-13(2)27-19-8-5-14(11-20(19)26-4)21-22-16(9-10-23-21)17-12-15(25-3)6-7-18(17)24-22/h5-8,11-13,21,23-24H,9-10H2,1-4H3/t21-/m1/s1. The summed E-state index contributed by atoms with van der Waals surface area (Å²) in [7, 11) is 3.39. The van der Waals surface area contributed by atoms with Gasteiger partial charge >= 0.3 is 0 Å². The Balaban J connectivity index is 1.76. The Morgan fingerprint density at radius 3 is 2.59 bits per heavy atom. The highest BCUT2D eigenvalue weighted by atomic mass is 16.5. The number of aromatic amines is 1. The lowest BCUT2D eigenvalue weighted by atomic mass is 9.94. The number of fused-ring (bicyclic) bond motifs is 3. The molecule has 0 spiro atoms. The average Bonchev–Trinajstić information content (AvgIpc) is 3.05. The topological polar surface area (TPSA) is 55.5 Å². The van der Waals surface area contributed by atoms with E-state index in [9.17, 15) is 0 Å². The van der Waals surface area contributed by atoms with Gasteiger partial charge in [0.1, 0.15) is 5.75 Å². The molecule has 3 aromatic rings. The second-order valence-corrected chi connectivity index (χ2v) is 7.14. The van der Waals surface area contributed by atoms with Crippen molar-refractivity contribution in [3.63, 3.8) is 0 Å². The van der Waals surface area contributed by atoms with E-state index in [1.165, 1.54) is 16.6 Å². The highest BCUT2D eigenvalue weighted by molar-refractivity contribution is 5.86. The molecule has 1 atom stereocenters. The minimum Gasteiger partial charge on any atom is -0.497 e. The van der Waals surface area contributed by atoms with Crippen molar-refractivity contribution in [2.75, 3.05) is 20.8 Å². The third-order valence-electron chi connectivity index (χ3n) is 5.04. The van der Waals surface area contributed by atoms with Gasteiger partial charge in [0.25, 0.3) is 0 Å². The third kappa shape index (κ3) is 3.23. The summed E-state index contributed by atoms with van der Waals surface area (Å²) >= 11 is 0. The van der Waals surface area contributed by atoms with E-state index >= 15 is 0 Å². The van der Waals surface area contributed by atoms with Crippen LogP contribution in [0.4, 0.5) is 0 Å². The quantitative estimate of drug-likeness (QED) is 0.710. The van der Waals surface area contributed by atoms with Crippen LogP contribution in [0, 0.1) is 0 Å². The monoisotopic (exact) mass is 366 g/mol. The van der Waals surface area contributed by atoms with E-state index in [2.05, 4.69) is 34.6 Å². The summed E-state index contributed by atoms with van der Waals surface area (Å²) < 4.78 is 16.8. The summed E-state index contributed by atoms with van der Waals surface area (Å²) in [6.45, 7) is 4.95. The summed E-state index contributed by atoms with van der Waals surface area (Å²) in [6, 6.07) is 12.5. The first-order chi connectivity index (χ1) is 13.1. The van der Waals surface area contributed by atoms with Crippen molar-refractivity contribution in [2.24, 2.45) is 0 Å². The normalized spacial score (nSPS) is 16.4. The van der Waals surface area contributed by atoms with Gasteiger partial charge in [-0.2, -0.15) is 0 Å². The largest absolute Gasteiger partial charge is 0.497 e. The summed E-state index contributed by atoms with van der Waals surface area (Å²) in [6.07, 6.45) is 1.10. The van der Waals surface area contributed by atoms with Crippen molar-refractivity contribution in [1.29, 1.82) is 0 Å². The van der Waals surface area contributed by atoms with E-state index in [0.717, 1.165) is 41.3 Å². The number of methoxy groups -OCH3 is 2. The van der Waals surface area contributed by atoms with Gasteiger partial charge in [-0.1, -0.05) is 6.07 Å². The molecule has 27 heavy (non-hydrogen) atoms. The summed E-state index contributed by atoms with van der Waals surface area (Å²) in [5.74, 6) is 2.41. The number of nitrogens with one attached hydrogen (secondary N) is 2. The van der Waals surface area contributed by atoms with Crippen molar-refractivity contribution >= 4 is 10.9 Å². The molecule has 4 rings (SSSR count). The maximum absolute atomic E-state index is 5.85. The van der Waals surface area contributed by atoms with Crippen LogP contribution in [0.1, 0.15) is 36.7 Å². The summed E-state index contributed by atoms with van der Waals surface area (Å²) in [4.78, 5) is 3.61. The molecular weight excluding hydrogens is 340 g/mol. The fourth-order valence-corrected chi connectivity index (χ4v) is 3.83. The SMILES string of the molecule is COc1ccc2[nH]c3c(c2c1)CCN[C@@H]3c1ccc(OC(C)C)c(OC)c1. The van der Waals surface area contributed by atoms with Crippen molar-refractivity contribution in [2.45, 2.75) is 32.4 Å². The molecule has 2 N–H and O–H groups in total. The number of hydrogen-bond donors (Lipinski definition) is 2. The minimum absolute atomic E-state index is 0.0918. The Morgan fingerprint density at radius 1 is 1.00 bits per heavy atom. The lowest BCUT2D eigenvalue weighted by Gasteiger charge is -2.25. The number of benzene rings is 2. The van der Waals surface area contributed by atoms with E-state index in [1.807, 2.05) is 26.0 Å². The molecule has 0 aliphatic carbocycles. The van der Waals surface area contributed by atoms with Gasteiger partial charge < -0.3 is 24.5 Å². The Morgan fingerprint density at radius 2 is 1.85 bits per heavy atom. The second-order valence-electron chi connectivity index (χ2n) is 7.14. The maximum atomic E-state index is 5.85. The van der Waals surface area contributed by atoms with E-state index in [-0.39, 0.29) is 12.1 Å². The lowest BCUT2D eigenvalue weighted by Crippen LogP contribution is -2.30. The van der Waals surface area contributed by atoms with Gasteiger partial charge in [-0.3, -0.25) is 0 Å². The van der Waals surface area contributed by atoms with E-state index in [0.29, 0.717) is 0 Å². The number of aromatic nitrogens is 1. The minimum atomic E-state index is 0.0918. The molecule has 0 saturated carbocycles. The predicted molar refractivity (Wildman–Crippen MR) is 107 cm³/mol. The zero-order valence-corrected chi connectivity index (χ0v) is 16.3. The average molecular weight is 366 g/mol. The first-order valence-corrected chi connectivity index (χ1v) is 9.37. The van der Waals surface area contributed by atoms with Gasteiger partial charge in [-0.05, 0) is 61.7 Å². The van der Waals surface area contributed by atoms with Crippen LogP contribution >= 0.6 is 0 Å². The van der Waals surface area contributed by atoms with Crippen LogP contribution in [0.15, 0.2) is 36.4 Å². The van der Waals surface area contributed by atoms with E-state index in [1.54, 1.807) is 14.2 Å². The Labute approximate surface area is 159 Å². The van der Waals surface area contributed by atoms with Crippen molar-refractivity contribution in [3.8, 4) is 17.2 Å². The molecule has 142 valence electrons. The van der Waals surface area contributed by atoms with Gasteiger partial charge in [-0.15, -0.1) is 0 Å². The molecule has 0 bridgehead atoms. The van der Waals surface area contributed by atoms with Crippen LogP contribution in [0.3, 0.4) is 0 Å². The van der Waals surface area contributed by atoms with Crippen LogP contribution < -0.4 is 19.5 Å². The fraction of sp³-hybridized carbons (Fsp3) is 0.364. The zero-order chi connectivity index (χ0) is 19.0. The molecule has 2 heterocycles. The van der Waals surface area contributed by atoms with Crippen LogP contribution in [-0.4, -0.2) is 31.9 Å². The molecule has 0 amide bonds. The molecule has 1 aliphatic rings. The first-order valence-electron chi connectivity index (χ1n) is 9.37. The van der Waals surface area contributed by atoms with Gasteiger partial charge in [0.2, 0.25) is 0 Å². The van der Waals surface area contributed by atoms with Gasteiger partial charge in [0.05, 0.1) is 26.4 Å². The number of ether oxygens (including phenoxy) is 3. The van der Waals surface area contributed by atoms with Gasteiger partial charge in [0.15, 0.2) is 11.5 Å². The number of hydrogen-bond acceptors (Lipinski definition) is 4. The fourth-order valence-electron chi connectivity index (χ4n) is 3.83. The van der Waals surface area contributed by atoms with Crippen molar-refractivity contribution in [1.82, 2.24) is 10.3 Å². The molecule has 5 nitrogen and oxygen atoms in total. The van der Waals surface area contributed by atoms with Crippen LogP contribution in [-0.2, 0) is 6.42 Å². The molecule has 5 heteroatoms. The summed E-state index contributed by atoms with van der Waals surface area (Å²) in [5.41, 5.74) is 4.86. The third-order valence-corrected chi connectivity index (χ3v) is 5.04. The second kappa shape index (κ2) is 7.16.